The average Bonchev–Trinajstić information content (AvgIpc) is 2.45. The molecule has 0 aromatic heterocycles. The summed E-state index contributed by atoms with van der Waals surface area (Å²) < 4.78 is 10.6. The largest absolute Gasteiger partial charge is 0.482 e. The van der Waals surface area contributed by atoms with Gasteiger partial charge in [-0.3, -0.25) is 0 Å². The number of benzene rings is 1. The fourth-order valence-corrected chi connectivity index (χ4v) is 2.04. The molecule has 1 aromatic rings. The number of allylic oxidation sites excluding steroid dienone is 2. The fourth-order valence-electron chi connectivity index (χ4n) is 2.04. The SMILES string of the molecule is Cc1ccc(OCC(=O)OCC2CC=CCC2)cc1. The number of hydrogen-bond acceptors (Lipinski definition) is 3. The first kappa shape index (κ1) is 13.7. The van der Waals surface area contributed by atoms with E-state index in [0.29, 0.717) is 18.3 Å². The van der Waals surface area contributed by atoms with Gasteiger partial charge in [0, 0.05) is 0 Å². The second-order valence-electron chi connectivity index (χ2n) is 4.94. The van der Waals surface area contributed by atoms with Gasteiger partial charge in [-0.2, -0.15) is 0 Å². The van der Waals surface area contributed by atoms with E-state index in [-0.39, 0.29) is 12.6 Å². The van der Waals surface area contributed by atoms with E-state index in [1.54, 1.807) is 0 Å². The van der Waals surface area contributed by atoms with Crippen molar-refractivity contribution in [3.8, 4) is 5.75 Å². The van der Waals surface area contributed by atoms with E-state index < -0.39 is 0 Å². The van der Waals surface area contributed by atoms with Gasteiger partial charge >= 0.3 is 5.97 Å². The Morgan fingerprint density at radius 3 is 2.74 bits per heavy atom. The molecule has 0 heterocycles. The predicted molar refractivity (Wildman–Crippen MR) is 74.1 cm³/mol. The van der Waals surface area contributed by atoms with Gasteiger partial charge in [0.25, 0.3) is 0 Å². The van der Waals surface area contributed by atoms with E-state index >= 15 is 0 Å². The second-order valence-corrected chi connectivity index (χ2v) is 4.94. The summed E-state index contributed by atoms with van der Waals surface area (Å²) >= 11 is 0. The summed E-state index contributed by atoms with van der Waals surface area (Å²) in [5.74, 6) is 0.867. The highest BCUT2D eigenvalue weighted by atomic mass is 16.6. The Labute approximate surface area is 114 Å². The molecular weight excluding hydrogens is 240 g/mol. The Balaban J connectivity index is 1.66. The number of hydrogen-bond donors (Lipinski definition) is 0. The zero-order chi connectivity index (χ0) is 13.5. The highest BCUT2D eigenvalue weighted by Crippen LogP contribution is 2.18. The molecule has 1 atom stereocenters. The van der Waals surface area contributed by atoms with Gasteiger partial charge in [-0.05, 0) is 44.2 Å². The highest BCUT2D eigenvalue weighted by Gasteiger charge is 2.13. The number of ether oxygens (including phenoxy) is 2. The van der Waals surface area contributed by atoms with Gasteiger partial charge in [0.15, 0.2) is 6.61 Å². The predicted octanol–water partition coefficient (Wildman–Crippen LogP) is 3.27. The van der Waals surface area contributed by atoms with Crippen LogP contribution < -0.4 is 4.74 Å². The lowest BCUT2D eigenvalue weighted by molar-refractivity contribution is -0.147. The minimum Gasteiger partial charge on any atom is -0.482 e. The molecule has 0 spiro atoms. The van der Waals surface area contributed by atoms with Gasteiger partial charge in [-0.15, -0.1) is 0 Å². The third-order valence-corrected chi connectivity index (χ3v) is 3.24. The fraction of sp³-hybridized carbons (Fsp3) is 0.438. The Hall–Kier alpha value is -1.77. The molecule has 3 nitrogen and oxygen atoms in total. The van der Waals surface area contributed by atoms with Crippen LogP contribution in [0.1, 0.15) is 24.8 Å². The topological polar surface area (TPSA) is 35.5 Å². The summed E-state index contributed by atoms with van der Waals surface area (Å²) in [7, 11) is 0. The molecule has 0 fully saturated rings. The molecule has 2 rings (SSSR count). The minimum absolute atomic E-state index is 0.0222. The summed E-state index contributed by atoms with van der Waals surface area (Å²) in [4.78, 5) is 11.6. The average molecular weight is 260 g/mol. The summed E-state index contributed by atoms with van der Waals surface area (Å²) in [6.07, 6.45) is 7.53. The van der Waals surface area contributed by atoms with Crippen molar-refractivity contribution in [3.63, 3.8) is 0 Å². The normalized spacial score (nSPS) is 18.1. The molecule has 0 bridgehead atoms. The van der Waals surface area contributed by atoms with E-state index in [9.17, 15) is 4.79 Å². The van der Waals surface area contributed by atoms with Gasteiger partial charge in [0.05, 0.1) is 6.61 Å². The lowest BCUT2D eigenvalue weighted by Gasteiger charge is -2.17. The van der Waals surface area contributed by atoms with Gasteiger partial charge in [0.2, 0.25) is 0 Å². The molecule has 0 saturated carbocycles. The first-order chi connectivity index (χ1) is 9.24. The number of rotatable bonds is 5. The van der Waals surface area contributed by atoms with Crippen molar-refractivity contribution in [2.24, 2.45) is 5.92 Å². The number of carbonyl (C=O) groups is 1. The zero-order valence-electron chi connectivity index (χ0n) is 11.3. The van der Waals surface area contributed by atoms with Gasteiger partial charge < -0.3 is 9.47 Å². The molecule has 1 unspecified atom stereocenters. The molecule has 0 saturated heterocycles. The van der Waals surface area contributed by atoms with Crippen molar-refractivity contribution < 1.29 is 14.3 Å². The molecule has 1 aromatic carbocycles. The quantitative estimate of drug-likeness (QED) is 0.602. The summed E-state index contributed by atoms with van der Waals surface area (Å²) in [6, 6.07) is 7.62. The first-order valence-electron chi connectivity index (χ1n) is 6.74. The van der Waals surface area contributed by atoms with Crippen LogP contribution in [0.4, 0.5) is 0 Å². The van der Waals surface area contributed by atoms with Crippen LogP contribution in [0, 0.1) is 12.8 Å². The molecule has 1 aliphatic rings. The van der Waals surface area contributed by atoms with Crippen LogP contribution in [0.5, 0.6) is 5.75 Å². The van der Waals surface area contributed by atoms with Gasteiger partial charge in [0.1, 0.15) is 5.75 Å². The Morgan fingerprint density at radius 1 is 1.26 bits per heavy atom. The molecule has 0 radical (unpaired) electrons. The standard InChI is InChI=1S/C16H20O3/c1-13-7-9-15(10-8-13)18-12-16(17)19-11-14-5-3-2-4-6-14/h2-3,7-10,14H,4-6,11-12H2,1H3. The second kappa shape index (κ2) is 6.98. The Morgan fingerprint density at radius 2 is 2.05 bits per heavy atom. The maximum atomic E-state index is 11.6. The van der Waals surface area contributed by atoms with Gasteiger partial charge in [-0.25, -0.2) is 4.79 Å². The smallest absolute Gasteiger partial charge is 0.344 e. The maximum Gasteiger partial charge on any atom is 0.344 e. The van der Waals surface area contributed by atoms with Crippen LogP contribution in [-0.4, -0.2) is 19.2 Å². The van der Waals surface area contributed by atoms with Gasteiger partial charge in [-0.1, -0.05) is 29.8 Å². The third-order valence-electron chi connectivity index (χ3n) is 3.24. The molecule has 3 heteroatoms. The molecule has 0 aliphatic heterocycles. The summed E-state index contributed by atoms with van der Waals surface area (Å²) in [5, 5.41) is 0. The van der Waals surface area contributed by atoms with E-state index in [1.165, 1.54) is 5.56 Å². The monoisotopic (exact) mass is 260 g/mol. The minimum atomic E-state index is -0.296. The van der Waals surface area contributed by atoms with Crippen molar-refractivity contribution >= 4 is 5.97 Å². The molecule has 102 valence electrons. The van der Waals surface area contributed by atoms with Crippen LogP contribution in [0.3, 0.4) is 0 Å². The van der Waals surface area contributed by atoms with Crippen LogP contribution in [0.25, 0.3) is 0 Å². The van der Waals surface area contributed by atoms with E-state index in [1.807, 2.05) is 31.2 Å². The Bertz CT molecular complexity index is 434. The van der Waals surface area contributed by atoms with E-state index in [2.05, 4.69) is 12.2 Å². The molecular formula is C16H20O3. The van der Waals surface area contributed by atoms with Crippen molar-refractivity contribution in [2.45, 2.75) is 26.2 Å². The molecule has 1 aliphatic carbocycles. The maximum absolute atomic E-state index is 11.6. The lowest BCUT2D eigenvalue weighted by atomic mass is 9.95. The highest BCUT2D eigenvalue weighted by molar-refractivity contribution is 5.71. The summed E-state index contributed by atoms with van der Waals surface area (Å²) in [5.41, 5.74) is 1.17. The van der Waals surface area contributed by atoms with Crippen LogP contribution in [0.15, 0.2) is 36.4 Å². The lowest BCUT2D eigenvalue weighted by Crippen LogP contribution is -2.20. The van der Waals surface area contributed by atoms with Crippen molar-refractivity contribution in [1.29, 1.82) is 0 Å². The van der Waals surface area contributed by atoms with Crippen LogP contribution in [0.2, 0.25) is 0 Å². The molecule has 0 N–H and O–H groups in total. The van der Waals surface area contributed by atoms with Crippen LogP contribution in [-0.2, 0) is 9.53 Å². The van der Waals surface area contributed by atoms with Crippen LogP contribution >= 0.6 is 0 Å². The Kier molecular flexibility index (Phi) is 5.01. The summed E-state index contributed by atoms with van der Waals surface area (Å²) in [6.45, 7) is 2.49. The first-order valence-corrected chi connectivity index (χ1v) is 6.74. The van der Waals surface area contributed by atoms with E-state index in [0.717, 1.165) is 19.3 Å². The number of esters is 1. The molecule has 19 heavy (non-hydrogen) atoms. The number of aryl methyl sites for hydroxylation is 1. The number of carbonyl (C=O) groups excluding carboxylic acids is 1. The van der Waals surface area contributed by atoms with E-state index in [4.69, 9.17) is 9.47 Å². The van der Waals surface area contributed by atoms with Crippen molar-refractivity contribution in [1.82, 2.24) is 0 Å². The molecule has 0 amide bonds. The van der Waals surface area contributed by atoms with Crippen molar-refractivity contribution in [3.05, 3.63) is 42.0 Å². The van der Waals surface area contributed by atoms with Crippen molar-refractivity contribution in [2.75, 3.05) is 13.2 Å². The third kappa shape index (κ3) is 4.78. The zero-order valence-corrected chi connectivity index (χ0v) is 11.3.